The van der Waals surface area contributed by atoms with E-state index in [0.717, 1.165) is 6.42 Å². The first-order valence-electron chi connectivity index (χ1n) is 6.29. The zero-order valence-electron chi connectivity index (χ0n) is 11.7. The Bertz CT molecular complexity index is 494. The number of hydrogen-bond acceptors (Lipinski definition) is 6. The lowest BCUT2D eigenvalue weighted by Gasteiger charge is -2.42. The van der Waals surface area contributed by atoms with Crippen molar-refractivity contribution in [2.45, 2.75) is 24.7 Å². The van der Waals surface area contributed by atoms with Crippen LogP contribution in [-0.2, 0) is 4.74 Å². The van der Waals surface area contributed by atoms with E-state index in [1.54, 1.807) is 13.2 Å². The van der Waals surface area contributed by atoms with Crippen molar-refractivity contribution >= 4 is 5.69 Å². The van der Waals surface area contributed by atoms with E-state index >= 15 is 0 Å². The summed E-state index contributed by atoms with van der Waals surface area (Å²) in [5.74, 6) is 0.659. The molecule has 110 valence electrons. The maximum atomic E-state index is 11.0. The molecule has 0 aliphatic heterocycles. The van der Waals surface area contributed by atoms with Gasteiger partial charge in [-0.15, -0.1) is 0 Å². The summed E-state index contributed by atoms with van der Waals surface area (Å²) in [7, 11) is 4.89. The molecule has 1 saturated carbocycles. The number of benzene rings is 1. The number of nitrogens with one attached hydrogen (secondary N) is 1. The minimum absolute atomic E-state index is 0.0545. The number of nitro benzene ring substituents is 1. The van der Waals surface area contributed by atoms with Crippen molar-refractivity contribution in [3.63, 3.8) is 0 Å². The van der Waals surface area contributed by atoms with E-state index < -0.39 is 4.92 Å². The first-order valence-corrected chi connectivity index (χ1v) is 6.29. The smallest absolute Gasteiger partial charge is 0.314 e. The van der Waals surface area contributed by atoms with Crippen LogP contribution in [-0.4, -0.2) is 44.4 Å². The van der Waals surface area contributed by atoms with Crippen LogP contribution in [0, 0.1) is 10.1 Å². The summed E-state index contributed by atoms with van der Waals surface area (Å²) in [5.41, 5.74) is -0.108. The lowest BCUT2D eigenvalue weighted by molar-refractivity contribution is -0.385. The van der Waals surface area contributed by atoms with Gasteiger partial charge in [0.15, 0.2) is 5.75 Å². The molecule has 7 heteroatoms. The fraction of sp³-hybridized carbons (Fsp3) is 0.538. The van der Waals surface area contributed by atoms with Crippen LogP contribution < -0.4 is 14.8 Å². The molecule has 20 heavy (non-hydrogen) atoms. The molecule has 1 N–H and O–H groups in total. The average molecular weight is 282 g/mol. The van der Waals surface area contributed by atoms with Gasteiger partial charge in [0, 0.05) is 19.6 Å². The number of hydrogen-bond donors (Lipinski definition) is 1. The van der Waals surface area contributed by atoms with Crippen LogP contribution >= 0.6 is 0 Å². The van der Waals surface area contributed by atoms with E-state index in [1.165, 1.54) is 19.2 Å². The summed E-state index contributed by atoms with van der Waals surface area (Å²) in [5, 5.41) is 14.1. The molecule has 0 spiro atoms. The van der Waals surface area contributed by atoms with Crippen molar-refractivity contribution in [1.82, 2.24) is 5.32 Å². The van der Waals surface area contributed by atoms with Gasteiger partial charge in [0.1, 0.15) is 18.0 Å². The molecule has 0 saturated heterocycles. The minimum atomic E-state index is -0.489. The van der Waals surface area contributed by atoms with E-state index in [-0.39, 0.29) is 29.7 Å². The Morgan fingerprint density at radius 1 is 1.40 bits per heavy atom. The van der Waals surface area contributed by atoms with Gasteiger partial charge < -0.3 is 19.5 Å². The van der Waals surface area contributed by atoms with Crippen molar-refractivity contribution < 1.29 is 19.1 Å². The largest absolute Gasteiger partial charge is 0.490 e. The van der Waals surface area contributed by atoms with Crippen LogP contribution in [0.2, 0.25) is 0 Å². The third kappa shape index (κ3) is 2.68. The van der Waals surface area contributed by atoms with Crippen molar-refractivity contribution in [2.24, 2.45) is 0 Å². The zero-order valence-corrected chi connectivity index (χ0v) is 11.7. The standard InChI is InChI=1S/C13H18N2O5/c1-14-9-7-12(13(9)19-3)20-8-4-5-11(18-2)10(6-8)15(16)17/h4-6,9,12-14H,7H2,1-3H3. The molecule has 3 atom stereocenters. The molecule has 1 aromatic rings. The number of methoxy groups -OCH3 is 2. The number of rotatable bonds is 6. The number of nitro groups is 1. The summed E-state index contributed by atoms with van der Waals surface area (Å²) in [4.78, 5) is 10.5. The molecule has 1 aromatic carbocycles. The summed E-state index contributed by atoms with van der Waals surface area (Å²) >= 11 is 0. The van der Waals surface area contributed by atoms with Gasteiger partial charge in [-0.1, -0.05) is 0 Å². The van der Waals surface area contributed by atoms with Gasteiger partial charge in [0.05, 0.1) is 18.1 Å². The Morgan fingerprint density at radius 3 is 2.70 bits per heavy atom. The van der Waals surface area contributed by atoms with Gasteiger partial charge in [-0.2, -0.15) is 0 Å². The minimum Gasteiger partial charge on any atom is -0.490 e. The molecule has 7 nitrogen and oxygen atoms in total. The van der Waals surface area contributed by atoms with Crippen molar-refractivity contribution in [1.29, 1.82) is 0 Å². The van der Waals surface area contributed by atoms with E-state index in [2.05, 4.69) is 5.32 Å². The molecule has 1 fully saturated rings. The number of likely N-dealkylation sites (N-methyl/N-ethyl adjacent to an activating group) is 1. The van der Waals surface area contributed by atoms with Gasteiger partial charge in [-0.3, -0.25) is 10.1 Å². The van der Waals surface area contributed by atoms with Crippen LogP contribution in [0.15, 0.2) is 18.2 Å². The van der Waals surface area contributed by atoms with Gasteiger partial charge >= 0.3 is 5.69 Å². The predicted molar refractivity (Wildman–Crippen MR) is 72.3 cm³/mol. The fourth-order valence-corrected chi connectivity index (χ4v) is 2.36. The Labute approximate surface area is 117 Å². The summed E-state index contributed by atoms with van der Waals surface area (Å²) in [6, 6.07) is 4.81. The topological polar surface area (TPSA) is 82.9 Å². The maximum absolute atomic E-state index is 11.0. The quantitative estimate of drug-likeness (QED) is 0.626. The maximum Gasteiger partial charge on any atom is 0.314 e. The second kappa shape index (κ2) is 6.06. The highest BCUT2D eigenvalue weighted by Gasteiger charge is 2.42. The van der Waals surface area contributed by atoms with Crippen molar-refractivity contribution in [2.75, 3.05) is 21.3 Å². The highest BCUT2D eigenvalue weighted by Crippen LogP contribution is 2.34. The summed E-state index contributed by atoms with van der Waals surface area (Å²) < 4.78 is 16.1. The number of nitrogens with zero attached hydrogens (tertiary/aromatic N) is 1. The first kappa shape index (κ1) is 14.5. The van der Waals surface area contributed by atoms with E-state index in [0.29, 0.717) is 5.75 Å². The van der Waals surface area contributed by atoms with E-state index in [1.807, 2.05) is 7.05 Å². The summed E-state index contributed by atoms with van der Waals surface area (Å²) in [6.07, 6.45) is 0.640. The van der Waals surface area contributed by atoms with Crippen LogP contribution in [0.1, 0.15) is 6.42 Å². The molecule has 0 radical (unpaired) electrons. The molecule has 1 aliphatic rings. The average Bonchev–Trinajstić information content (AvgIpc) is 2.43. The molecule has 2 rings (SSSR count). The molecule has 0 amide bonds. The fourth-order valence-electron chi connectivity index (χ4n) is 2.36. The monoisotopic (exact) mass is 282 g/mol. The molecule has 0 bridgehead atoms. The SMILES string of the molecule is CNC1CC(Oc2ccc(OC)c([N+](=O)[O-])c2)C1OC. The lowest BCUT2D eigenvalue weighted by atomic mass is 9.85. The van der Waals surface area contributed by atoms with Crippen molar-refractivity contribution in [3.05, 3.63) is 28.3 Å². The lowest BCUT2D eigenvalue weighted by Crippen LogP contribution is -2.60. The van der Waals surface area contributed by atoms with Crippen molar-refractivity contribution in [3.8, 4) is 11.5 Å². The predicted octanol–water partition coefficient (Wildman–Crippen LogP) is 1.36. The highest BCUT2D eigenvalue weighted by atomic mass is 16.6. The van der Waals surface area contributed by atoms with Gasteiger partial charge in [-0.05, 0) is 19.2 Å². The van der Waals surface area contributed by atoms with E-state index in [4.69, 9.17) is 14.2 Å². The second-order valence-corrected chi connectivity index (χ2v) is 4.58. The van der Waals surface area contributed by atoms with Gasteiger partial charge in [-0.25, -0.2) is 0 Å². The third-order valence-corrected chi connectivity index (χ3v) is 3.53. The zero-order chi connectivity index (χ0) is 14.7. The van der Waals surface area contributed by atoms with Gasteiger partial charge in [0.25, 0.3) is 0 Å². The van der Waals surface area contributed by atoms with Crippen LogP contribution in [0.4, 0.5) is 5.69 Å². The highest BCUT2D eigenvalue weighted by molar-refractivity contribution is 5.51. The molecular formula is C13H18N2O5. The number of ether oxygens (including phenoxy) is 3. The molecular weight excluding hydrogens is 264 g/mol. The molecule has 0 aromatic heterocycles. The molecule has 0 heterocycles. The molecule has 1 aliphatic carbocycles. The van der Waals surface area contributed by atoms with Crippen LogP contribution in [0.3, 0.4) is 0 Å². The summed E-state index contributed by atoms with van der Waals surface area (Å²) in [6.45, 7) is 0. The Morgan fingerprint density at radius 2 is 2.15 bits per heavy atom. The van der Waals surface area contributed by atoms with Crippen LogP contribution in [0.5, 0.6) is 11.5 Å². The van der Waals surface area contributed by atoms with Crippen LogP contribution in [0.25, 0.3) is 0 Å². The van der Waals surface area contributed by atoms with E-state index in [9.17, 15) is 10.1 Å². The second-order valence-electron chi connectivity index (χ2n) is 4.58. The normalized spacial score (nSPS) is 24.9. The Hall–Kier alpha value is -1.86. The first-order chi connectivity index (χ1) is 9.60. The Kier molecular flexibility index (Phi) is 4.41. The molecule has 3 unspecified atom stereocenters. The third-order valence-electron chi connectivity index (χ3n) is 3.53. The Balaban J connectivity index is 2.11. The van der Waals surface area contributed by atoms with Gasteiger partial charge in [0.2, 0.25) is 0 Å².